The molecule has 3 amide bonds. The number of ether oxygens (including phenoxy) is 1. The van der Waals surface area contributed by atoms with Crippen LogP contribution in [0.5, 0.6) is 0 Å². The first-order chi connectivity index (χ1) is 12.5. The number of Topliss-reactive ketones (excluding diaryl/α,β-unsaturated/α-hetero) is 1. The molecule has 2 fully saturated rings. The van der Waals surface area contributed by atoms with Crippen molar-refractivity contribution in [3.05, 3.63) is 24.2 Å². The number of imide groups is 1. The summed E-state index contributed by atoms with van der Waals surface area (Å²) in [5, 5.41) is 4.54. The quantitative estimate of drug-likeness (QED) is 0.768. The molecule has 0 aliphatic heterocycles. The molecule has 1 aromatic rings. The minimum atomic E-state index is -0.706. The van der Waals surface area contributed by atoms with E-state index < -0.39 is 24.5 Å². The highest BCUT2D eigenvalue weighted by molar-refractivity contribution is 5.95. The summed E-state index contributed by atoms with van der Waals surface area (Å²) in [5.41, 5.74) is 0. The van der Waals surface area contributed by atoms with Gasteiger partial charge in [0.15, 0.2) is 6.61 Å². The lowest BCUT2D eigenvalue weighted by Gasteiger charge is -2.36. The Bertz CT molecular complexity index is 668. The maximum absolute atomic E-state index is 12.2. The number of amides is 3. The maximum atomic E-state index is 12.2. The molecule has 0 radical (unpaired) electrons. The van der Waals surface area contributed by atoms with E-state index in [4.69, 9.17) is 9.15 Å². The van der Waals surface area contributed by atoms with Crippen molar-refractivity contribution < 1.29 is 28.3 Å². The average molecular weight is 362 g/mol. The monoisotopic (exact) mass is 362 g/mol. The van der Waals surface area contributed by atoms with Gasteiger partial charge < -0.3 is 14.5 Å². The van der Waals surface area contributed by atoms with Crippen LogP contribution in [-0.2, 0) is 25.7 Å². The predicted molar refractivity (Wildman–Crippen MR) is 88.6 cm³/mol. The molecular weight excluding hydrogens is 340 g/mol. The lowest BCUT2D eigenvalue weighted by molar-refractivity contribution is -0.156. The summed E-state index contributed by atoms with van der Waals surface area (Å²) in [6, 6.07) is 2.68. The van der Waals surface area contributed by atoms with Crippen molar-refractivity contribution in [2.24, 2.45) is 17.8 Å². The zero-order valence-corrected chi connectivity index (χ0v) is 14.4. The molecule has 2 aliphatic carbocycles. The number of nitrogens with one attached hydrogen (secondary N) is 2. The first-order valence-electron chi connectivity index (χ1n) is 8.83. The van der Waals surface area contributed by atoms with Crippen molar-refractivity contribution >= 4 is 23.7 Å². The van der Waals surface area contributed by atoms with Crippen LogP contribution in [0.2, 0.25) is 0 Å². The average Bonchev–Trinajstić information content (AvgIpc) is 3.11. The molecular formula is C18H22N2O6. The van der Waals surface area contributed by atoms with E-state index in [2.05, 4.69) is 10.6 Å². The molecule has 1 heterocycles. The maximum Gasteiger partial charge on any atom is 0.321 e. The fourth-order valence-electron chi connectivity index (χ4n) is 3.71. The van der Waals surface area contributed by atoms with Gasteiger partial charge in [-0.15, -0.1) is 0 Å². The molecule has 1 aromatic heterocycles. The highest BCUT2D eigenvalue weighted by Crippen LogP contribution is 2.40. The van der Waals surface area contributed by atoms with Gasteiger partial charge in [-0.1, -0.05) is 6.42 Å². The Kier molecular flexibility index (Phi) is 5.70. The summed E-state index contributed by atoms with van der Waals surface area (Å²) in [5.74, 6) is -0.809. The van der Waals surface area contributed by atoms with E-state index in [-0.39, 0.29) is 30.1 Å². The number of fused-ring (bicyclic) bond motifs is 2. The van der Waals surface area contributed by atoms with Crippen LogP contribution in [0.15, 0.2) is 22.8 Å². The van der Waals surface area contributed by atoms with E-state index in [1.54, 1.807) is 12.1 Å². The summed E-state index contributed by atoms with van der Waals surface area (Å²) in [6.45, 7) is -0.377. The van der Waals surface area contributed by atoms with Gasteiger partial charge in [-0.25, -0.2) is 4.79 Å². The Morgan fingerprint density at radius 3 is 2.58 bits per heavy atom. The SMILES string of the molecule is O=C(COC(=O)C1C[C@H]2CCC[C@H](C1)C2=O)NC(=O)NCc1ccco1. The number of ketones is 1. The Morgan fingerprint density at radius 2 is 1.92 bits per heavy atom. The summed E-state index contributed by atoms with van der Waals surface area (Å²) >= 11 is 0. The molecule has 0 aromatic carbocycles. The number of hydrogen-bond donors (Lipinski definition) is 2. The van der Waals surface area contributed by atoms with Crippen molar-refractivity contribution in [1.82, 2.24) is 10.6 Å². The second-order valence-corrected chi connectivity index (χ2v) is 6.81. The third-order valence-corrected chi connectivity index (χ3v) is 4.98. The summed E-state index contributed by atoms with van der Waals surface area (Å²) in [7, 11) is 0. The number of carbonyl (C=O) groups excluding carboxylic acids is 4. The van der Waals surface area contributed by atoms with Crippen LogP contribution in [-0.4, -0.2) is 30.3 Å². The molecule has 8 nitrogen and oxygen atoms in total. The third kappa shape index (κ3) is 4.50. The number of hydrogen-bond acceptors (Lipinski definition) is 6. The van der Waals surface area contributed by atoms with Crippen molar-refractivity contribution in [2.45, 2.75) is 38.6 Å². The fraction of sp³-hybridized carbons (Fsp3) is 0.556. The Labute approximate surface area is 150 Å². The summed E-state index contributed by atoms with van der Waals surface area (Å²) in [6.07, 6.45) is 5.16. The highest BCUT2D eigenvalue weighted by atomic mass is 16.5. The first kappa shape index (κ1) is 18.2. The second-order valence-electron chi connectivity index (χ2n) is 6.81. The molecule has 3 rings (SSSR count). The predicted octanol–water partition coefficient (Wildman–Crippen LogP) is 1.54. The van der Waals surface area contributed by atoms with Crippen LogP contribution in [0.25, 0.3) is 0 Å². The Balaban J connectivity index is 1.38. The molecule has 140 valence electrons. The van der Waals surface area contributed by atoms with E-state index in [0.29, 0.717) is 18.6 Å². The first-order valence-corrected chi connectivity index (χ1v) is 8.83. The van der Waals surface area contributed by atoms with Crippen LogP contribution < -0.4 is 10.6 Å². The van der Waals surface area contributed by atoms with Crippen molar-refractivity contribution in [2.75, 3.05) is 6.61 Å². The molecule has 2 N–H and O–H groups in total. The van der Waals surface area contributed by atoms with Crippen molar-refractivity contribution in [3.63, 3.8) is 0 Å². The van der Waals surface area contributed by atoms with Gasteiger partial charge in [0, 0.05) is 11.8 Å². The zero-order chi connectivity index (χ0) is 18.5. The topological polar surface area (TPSA) is 115 Å². The largest absolute Gasteiger partial charge is 0.467 e. The lowest BCUT2D eigenvalue weighted by atomic mass is 9.67. The van der Waals surface area contributed by atoms with Crippen LogP contribution in [0.3, 0.4) is 0 Å². The van der Waals surface area contributed by atoms with Gasteiger partial charge in [0.2, 0.25) is 0 Å². The van der Waals surface area contributed by atoms with Crippen LogP contribution >= 0.6 is 0 Å². The van der Waals surface area contributed by atoms with Crippen LogP contribution in [0, 0.1) is 17.8 Å². The highest BCUT2D eigenvalue weighted by Gasteiger charge is 2.41. The Hall–Kier alpha value is -2.64. The molecule has 8 heteroatoms. The molecule has 0 unspecified atom stereocenters. The number of esters is 1. The summed E-state index contributed by atoms with van der Waals surface area (Å²) in [4.78, 5) is 47.5. The van der Waals surface area contributed by atoms with Gasteiger partial charge in [-0.05, 0) is 37.8 Å². The van der Waals surface area contributed by atoms with E-state index in [1.807, 2.05) is 0 Å². The third-order valence-electron chi connectivity index (χ3n) is 4.98. The molecule has 2 saturated carbocycles. The molecule has 26 heavy (non-hydrogen) atoms. The normalized spacial score (nSPS) is 24.6. The molecule has 2 aliphatic rings. The molecule has 0 spiro atoms. The van der Waals surface area contributed by atoms with Crippen LogP contribution in [0.4, 0.5) is 4.79 Å². The molecule has 0 saturated heterocycles. The van der Waals surface area contributed by atoms with Gasteiger partial charge in [-0.3, -0.25) is 19.7 Å². The number of carbonyl (C=O) groups is 4. The van der Waals surface area contributed by atoms with Gasteiger partial charge >= 0.3 is 12.0 Å². The van der Waals surface area contributed by atoms with Crippen molar-refractivity contribution in [1.29, 1.82) is 0 Å². The Morgan fingerprint density at radius 1 is 1.19 bits per heavy atom. The summed E-state index contributed by atoms with van der Waals surface area (Å²) < 4.78 is 10.1. The van der Waals surface area contributed by atoms with Gasteiger partial charge in [-0.2, -0.15) is 0 Å². The van der Waals surface area contributed by atoms with Crippen LogP contribution in [0.1, 0.15) is 37.9 Å². The zero-order valence-electron chi connectivity index (χ0n) is 14.4. The standard InChI is InChI=1S/C18H22N2O6/c21-15(20-18(24)19-9-14-5-2-6-25-14)10-26-17(23)13-7-11-3-1-4-12(8-13)16(11)22/h2,5-6,11-13H,1,3-4,7-10H2,(H2,19,20,21,24)/t11-,12-/m1/s1. The minimum Gasteiger partial charge on any atom is -0.467 e. The van der Waals surface area contributed by atoms with Gasteiger partial charge in [0.25, 0.3) is 5.91 Å². The number of furan rings is 1. The van der Waals surface area contributed by atoms with Crippen molar-refractivity contribution in [3.8, 4) is 0 Å². The minimum absolute atomic E-state index is 0.0544. The van der Waals surface area contributed by atoms with E-state index in [0.717, 1.165) is 19.3 Å². The van der Waals surface area contributed by atoms with E-state index in [1.165, 1.54) is 6.26 Å². The number of rotatable bonds is 5. The smallest absolute Gasteiger partial charge is 0.321 e. The van der Waals surface area contributed by atoms with E-state index >= 15 is 0 Å². The lowest BCUT2D eigenvalue weighted by Crippen LogP contribution is -2.42. The fourth-order valence-corrected chi connectivity index (χ4v) is 3.71. The van der Waals surface area contributed by atoms with E-state index in [9.17, 15) is 19.2 Å². The van der Waals surface area contributed by atoms with Gasteiger partial charge in [0.1, 0.15) is 11.5 Å². The second kappa shape index (κ2) is 8.16. The molecule has 2 atom stereocenters. The molecule has 2 bridgehead atoms. The van der Waals surface area contributed by atoms with Gasteiger partial charge in [0.05, 0.1) is 18.7 Å². The number of urea groups is 1.